The van der Waals surface area contributed by atoms with Crippen molar-refractivity contribution in [1.82, 2.24) is 20.3 Å². The number of rotatable bonds is 6. The monoisotopic (exact) mass is 270 g/mol. The van der Waals surface area contributed by atoms with E-state index < -0.39 is 0 Å². The Morgan fingerprint density at radius 3 is 3.17 bits per heavy atom. The number of hydrogen-bond donors (Lipinski definition) is 1. The van der Waals surface area contributed by atoms with Crippen LogP contribution < -0.4 is 5.32 Å². The van der Waals surface area contributed by atoms with Gasteiger partial charge in [0.2, 0.25) is 0 Å². The molecular formula is C12H22N4OS. The van der Waals surface area contributed by atoms with Crippen molar-refractivity contribution in [3.63, 3.8) is 0 Å². The molecule has 18 heavy (non-hydrogen) atoms. The maximum Gasteiger partial charge on any atom is 0.0876 e. The van der Waals surface area contributed by atoms with Crippen molar-refractivity contribution < 1.29 is 4.74 Å². The molecule has 1 fully saturated rings. The molecule has 0 spiro atoms. The lowest BCUT2D eigenvalue weighted by atomic mass is 10.1. The normalized spacial score (nSPS) is 22.0. The molecule has 0 saturated carbocycles. The molecular weight excluding hydrogens is 248 g/mol. The lowest BCUT2D eigenvalue weighted by Gasteiger charge is -2.30. The summed E-state index contributed by atoms with van der Waals surface area (Å²) in [6, 6.07) is 0.202. The molecule has 0 radical (unpaired) electrons. The second kappa shape index (κ2) is 7.11. The van der Waals surface area contributed by atoms with Crippen molar-refractivity contribution in [1.29, 1.82) is 0 Å². The van der Waals surface area contributed by atoms with E-state index in [2.05, 4.69) is 29.5 Å². The molecule has 6 heteroatoms. The van der Waals surface area contributed by atoms with E-state index in [9.17, 15) is 0 Å². The third kappa shape index (κ3) is 3.24. The molecule has 2 atom stereocenters. The minimum absolute atomic E-state index is 0.202. The SMILES string of the molecule is CCCNC(c1cnnn1CC)C1CSCCO1. The van der Waals surface area contributed by atoms with Crippen LogP contribution in [-0.2, 0) is 11.3 Å². The van der Waals surface area contributed by atoms with Gasteiger partial charge in [0.25, 0.3) is 0 Å². The number of ether oxygens (including phenoxy) is 1. The van der Waals surface area contributed by atoms with E-state index >= 15 is 0 Å². The van der Waals surface area contributed by atoms with Gasteiger partial charge in [-0.1, -0.05) is 12.1 Å². The maximum atomic E-state index is 5.91. The molecule has 0 aliphatic carbocycles. The summed E-state index contributed by atoms with van der Waals surface area (Å²) in [6.07, 6.45) is 3.20. The van der Waals surface area contributed by atoms with Crippen molar-refractivity contribution in [3.05, 3.63) is 11.9 Å². The van der Waals surface area contributed by atoms with Gasteiger partial charge in [0, 0.05) is 18.1 Å². The van der Waals surface area contributed by atoms with E-state index in [0.29, 0.717) is 0 Å². The van der Waals surface area contributed by atoms with E-state index in [1.165, 1.54) is 0 Å². The smallest absolute Gasteiger partial charge is 0.0876 e. The Kier molecular flexibility index (Phi) is 5.46. The molecule has 1 saturated heterocycles. The van der Waals surface area contributed by atoms with Crippen LogP contribution in [0, 0.1) is 0 Å². The van der Waals surface area contributed by atoms with Gasteiger partial charge in [-0.3, -0.25) is 0 Å². The second-order valence-corrected chi connectivity index (χ2v) is 5.54. The largest absolute Gasteiger partial charge is 0.374 e. The summed E-state index contributed by atoms with van der Waals surface area (Å²) in [4.78, 5) is 0. The number of hydrogen-bond acceptors (Lipinski definition) is 5. The summed E-state index contributed by atoms with van der Waals surface area (Å²) >= 11 is 1.96. The highest BCUT2D eigenvalue weighted by atomic mass is 32.2. The second-order valence-electron chi connectivity index (χ2n) is 4.39. The Morgan fingerprint density at radius 2 is 2.50 bits per heavy atom. The number of aromatic nitrogens is 3. The molecule has 1 aromatic heterocycles. The van der Waals surface area contributed by atoms with Crippen LogP contribution in [0.4, 0.5) is 0 Å². The molecule has 5 nitrogen and oxygen atoms in total. The maximum absolute atomic E-state index is 5.91. The van der Waals surface area contributed by atoms with Crippen LogP contribution in [0.15, 0.2) is 6.20 Å². The first-order valence-electron chi connectivity index (χ1n) is 6.68. The summed E-state index contributed by atoms with van der Waals surface area (Å²) in [5, 5.41) is 11.7. The Hall–Kier alpha value is -0.590. The molecule has 1 N–H and O–H groups in total. The van der Waals surface area contributed by atoms with Crippen LogP contribution in [0.3, 0.4) is 0 Å². The van der Waals surface area contributed by atoms with E-state index in [0.717, 1.165) is 43.3 Å². The predicted molar refractivity (Wildman–Crippen MR) is 73.8 cm³/mol. The molecule has 0 amide bonds. The quantitative estimate of drug-likeness (QED) is 0.848. The van der Waals surface area contributed by atoms with Crippen LogP contribution in [0.2, 0.25) is 0 Å². The number of aryl methyl sites for hydroxylation is 1. The van der Waals surface area contributed by atoms with Gasteiger partial charge < -0.3 is 10.1 Å². The Morgan fingerprint density at radius 1 is 1.61 bits per heavy atom. The molecule has 1 aliphatic heterocycles. The van der Waals surface area contributed by atoms with Crippen molar-refractivity contribution in [3.8, 4) is 0 Å². The highest BCUT2D eigenvalue weighted by molar-refractivity contribution is 7.99. The Balaban J connectivity index is 2.12. The van der Waals surface area contributed by atoms with Gasteiger partial charge in [-0.25, -0.2) is 4.68 Å². The first-order chi connectivity index (χ1) is 8.86. The summed E-state index contributed by atoms with van der Waals surface area (Å²) in [7, 11) is 0. The fourth-order valence-corrected chi connectivity index (χ4v) is 3.08. The summed E-state index contributed by atoms with van der Waals surface area (Å²) in [5.74, 6) is 2.14. The van der Waals surface area contributed by atoms with E-state index in [-0.39, 0.29) is 12.1 Å². The molecule has 2 unspecified atom stereocenters. The van der Waals surface area contributed by atoms with Crippen LogP contribution in [0.1, 0.15) is 32.0 Å². The fraction of sp³-hybridized carbons (Fsp3) is 0.833. The zero-order chi connectivity index (χ0) is 12.8. The van der Waals surface area contributed by atoms with Gasteiger partial charge in [0.05, 0.1) is 30.6 Å². The summed E-state index contributed by atoms with van der Waals surface area (Å²) in [5.41, 5.74) is 1.14. The minimum Gasteiger partial charge on any atom is -0.374 e. The minimum atomic E-state index is 0.202. The van der Waals surface area contributed by atoms with E-state index in [1.54, 1.807) is 0 Å². The molecule has 1 aromatic rings. The average Bonchev–Trinajstić information content (AvgIpc) is 2.89. The highest BCUT2D eigenvalue weighted by Crippen LogP contribution is 2.25. The van der Waals surface area contributed by atoms with Gasteiger partial charge >= 0.3 is 0 Å². The van der Waals surface area contributed by atoms with Crippen molar-refractivity contribution in [2.45, 2.75) is 39.0 Å². The standard InChI is InChI=1S/C12H22N4OS/c1-3-5-13-12(11-9-18-7-6-17-11)10-8-14-15-16(10)4-2/h8,11-13H,3-7,9H2,1-2H3. The zero-order valence-electron chi connectivity index (χ0n) is 11.1. The van der Waals surface area contributed by atoms with E-state index in [4.69, 9.17) is 4.74 Å². The number of nitrogens with zero attached hydrogens (tertiary/aromatic N) is 3. The summed E-state index contributed by atoms with van der Waals surface area (Å²) in [6.45, 7) is 6.94. The van der Waals surface area contributed by atoms with Crippen LogP contribution in [0.25, 0.3) is 0 Å². The third-order valence-corrected chi connectivity index (χ3v) is 4.11. The molecule has 0 bridgehead atoms. The van der Waals surface area contributed by atoms with Gasteiger partial charge in [-0.2, -0.15) is 11.8 Å². The molecule has 102 valence electrons. The topological polar surface area (TPSA) is 52.0 Å². The summed E-state index contributed by atoms with van der Waals surface area (Å²) < 4.78 is 7.86. The van der Waals surface area contributed by atoms with Crippen LogP contribution >= 0.6 is 11.8 Å². The van der Waals surface area contributed by atoms with Gasteiger partial charge in [-0.15, -0.1) is 5.10 Å². The molecule has 0 aromatic carbocycles. The van der Waals surface area contributed by atoms with E-state index in [1.807, 2.05) is 22.6 Å². The van der Waals surface area contributed by atoms with Gasteiger partial charge in [0.15, 0.2) is 0 Å². The Labute approximate surface area is 113 Å². The Bertz CT molecular complexity index is 352. The zero-order valence-corrected chi connectivity index (χ0v) is 11.9. The first-order valence-corrected chi connectivity index (χ1v) is 7.83. The number of thioether (sulfide) groups is 1. The lowest BCUT2D eigenvalue weighted by Crippen LogP contribution is -2.39. The van der Waals surface area contributed by atoms with Crippen molar-refractivity contribution >= 4 is 11.8 Å². The van der Waals surface area contributed by atoms with Crippen LogP contribution in [-0.4, -0.2) is 45.8 Å². The highest BCUT2D eigenvalue weighted by Gasteiger charge is 2.28. The third-order valence-electron chi connectivity index (χ3n) is 3.09. The van der Waals surface area contributed by atoms with Gasteiger partial charge in [0.1, 0.15) is 0 Å². The molecule has 1 aliphatic rings. The van der Waals surface area contributed by atoms with Gasteiger partial charge in [-0.05, 0) is 19.9 Å². The average molecular weight is 270 g/mol. The predicted octanol–water partition coefficient (Wildman–Crippen LogP) is 1.47. The lowest BCUT2D eigenvalue weighted by molar-refractivity contribution is 0.0445. The fourth-order valence-electron chi connectivity index (χ4n) is 2.18. The first kappa shape index (κ1) is 13.8. The van der Waals surface area contributed by atoms with Crippen molar-refractivity contribution in [2.24, 2.45) is 0 Å². The number of nitrogens with one attached hydrogen (secondary N) is 1. The molecule has 2 rings (SSSR count). The van der Waals surface area contributed by atoms with Crippen LogP contribution in [0.5, 0.6) is 0 Å². The van der Waals surface area contributed by atoms with Crippen molar-refractivity contribution in [2.75, 3.05) is 24.7 Å². The molecule has 2 heterocycles.